The molecule has 0 aliphatic rings. The lowest BCUT2D eigenvalue weighted by molar-refractivity contribution is -0.870. The predicted molar refractivity (Wildman–Crippen MR) is 432 cm³/mol. The van der Waals surface area contributed by atoms with E-state index in [1.807, 2.05) is 21.1 Å². The molecule has 0 amide bonds. The van der Waals surface area contributed by atoms with Crippen molar-refractivity contribution in [1.29, 1.82) is 0 Å². The second-order valence-corrected chi connectivity index (χ2v) is 33.5. The van der Waals surface area contributed by atoms with Gasteiger partial charge in [0.1, 0.15) is 19.8 Å². The van der Waals surface area contributed by atoms with Crippen molar-refractivity contribution in [3.05, 3.63) is 24.3 Å². The third-order valence-corrected chi connectivity index (χ3v) is 21.7. The number of unbranched alkanes of at least 4 members (excludes halogenated alkanes) is 67. The Morgan fingerprint density at radius 3 is 0.798 bits per heavy atom. The number of likely N-dealkylation sites (N-methyl/N-ethyl adjacent to an activating group) is 1. The van der Waals surface area contributed by atoms with Crippen LogP contribution in [0.25, 0.3) is 0 Å². The van der Waals surface area contributed by atoms with E-state index in [4.69, 9.17) is 18.5 Å². The zero-order chi connectivity index (χ0) is 71.8. The number of ether oxygens (including phenoxy) is 2. The van der Waals surface area contributed by atoms with E-state index in [0.29, 0.717) is 17.4 Å². The molecule has 9 nitrogen and oxygen atoms in total. The Bertz CT molecular complexity index is 1720. The summed E-state index contributed by atoms with van der Waals surface area (Å²) >= 11 is 0. The number of hydrogen-bond acceptors (Lipinski definition) is 7. The third-order valence-electron chi connectivity index (χ3n) is 20.7. The van der Waals surface area contributed by atoms with Gasteiger partial charge in [0.2, 0.25) is 0 Å². The van der Waals surface area contributed by atoms with E-state index < -0.39 is 26.5 Å². The molecule has 1 N–H and O–H groups in total. The van der Waals surface area contributed by atoms with Gasteiger partial charge in [-0.2, -0.15) is 0 Å². The van der Waals surface area contributed by atoms with Crippen LogP contribution in [0.15, 0.2) is 24.3 Å². The summed E-state index contributed by atoms with van der Waals surface area (Å²) in [5.41, 5.74) is 0. The van der Waals surface area contributed by atoms with Gasteiger partial charge < -0.3 is 18.9 Å². The highest BCUT2D eigenvalue weighted by Crippen LogP contribution is 2.43. The van der Waals surface area contributed by atoms with Gasteiger partial charge in [0.25, 0.3) is 0 Å². The van der Waals surface area contributed by atoms with Crippen molar-refractivity contribution in [2.24, 2.45) is 0 Å². The maximum Gasteiger partial charge on any atom is 0.472 e. The maximum atomic E-state index is 12.9. The SMILES string of the molecule is CCCCCCC/C=C\C/C=C\CCCCCCCCCCCCCCCCCCCCCCCCCC(=O)OC(COC(=O)CCCCCCCCCCCCCCCCCCCCCCCCCCCCCCCCCCCCCCCCCC)COP(=O)(O)OCC[N+](C)(C)C. The molecule has 0 aromatic rings. The second-order valence-electron chi connectivity index (χ2n) is 32.0. The molecule has 588 valence electrons. The lowest BCUT2D eigenvalue weighted by atomic mass is 10.0. The summed E-state index contributed by atoms with van der Waals surface area (Å²) in [5.74, 6) is -0.766. The van der Waals surface area contributed by atoms with Crippen LogP contribution < -0.4 is 0 Å². The summed E-state index contributed by atoms with van der Waals surface area (Å²) < 4.78 is 34.9. The first kappa shape index (κ1) is 97.5. The van der Waals surface area contributed by atoms with Gasteiger partial charge in [-0.1, -0.05) is 449 Å². The molecule has 2 unspecified atom stereocenters. The van der Waals surface area contributed by atoms with Gasteiger partial charge in [-0.05, 0) is 44.9 Å². The largest absolute Gasteiger partial charge is 0.472 e. The molecule has 0 aliphatic carbocycles. The van der Waals surface area contributed by atoms with E-state index in [1.165, 1.54) is 411 Å². The molecule has 0 bridgehead atoms. The van der Waals surface area contributed by atoms with Crippen LogP contribution in [0.2, 0.25) is 0 Å². The topological polar surface area (TPSA) is 108 Å². The fraction of sp³-hybridized carbons (Fsp3) is 0.933. The molecule has 0 fully saturated rings. The first-order valence-electron chi connectivity index (χ1n) is 44.6. The minimum absolute atomic E-state index is 0.0364. The minimum atomic E-state index is -4.39. The quantitative estimate of drug-likeness (QED) is 0.0211. The Morgan fingerprint density at radius 1 is 0.313 bits per heavy atom. The smallest absolute Gasteiger partial charge is 0.462 e. The summed E-state index contributed by atoms with van der Waals surface area (Å²) in [6, 6.07) is 0. The van der Waals surface area contributed by atoms with Crippen molar-refractivity contribution in [1.82, 2.24) is 0 Å². The predicted octanol–water partition coefficient (Wildman–Crippen LogP) is 29.9. The number of carbonyl (C=O) groups excluding carboxylic acids is 2. The van der Waals surface area contributed by atoms with Gasteiger partial charge in [0.15, 0.2) is 6.10 Å². The molecule has 0 radical (unpaired) electrons. The van der Waals surface area contributed by atoms with Crippen molar-refractivity contribution in [3.8, 4) is 0 Å². The summed E-state index contributed by atoms with van der Waals surface area (Å²) in [7, 11) is 1.51. The standard InChI is InChI=1S/C89H174NO8P/c1-6-8-10-12-14-16-18-20-22-24-26-28-30-32-34-36-38-40-42-43-44-45-46-48-49-51-53-55-57-59-61-63-65-67-69-71-73-75-77-79-81-88(91)95-85-87(86-97-99(93,94)96-84-83-90(3,4)5)98-89(92)82-80-78-76-74-72-70-68-66-64-62-60-58-56-54-52-50-47-41-39-37-35-33-31-29-27-25-23-21-19-17-15-13-11-9-7-2/h19,21,25,27,87H,6-18,20,22-24,26,28-86H2,1-5H3/p+1/b21-19-,27-25-. The van der Waals surface area contributed by atoms with Gasteiger partial charge in [-0.25, -0.2) is 4.57 Å². The molecule has 0 aromatic carbocycles. The normalized spacial score (nSPS) is 13.0. The molecular formula is C89H175NO8P+. The van der Waals surface area contributed by atoms with Crippen molar-refractivity contribution >= 4 is 19.8 Å². The number of rotatable bonds is 85. The summed E-state index contributed by atoms with van der Waals surface area (Å²) in [5, 5.41) is 0. The Labute approximate surface area is 619 Å². The van der Waals surface area contributed by atoms with Crippen LogP contribution in [0, 0.1) is 0 Å². The second kappa shape index (κ2) is 80.6. The van der Waals surface area contributed by atoms with Gasteiger partial charge in [-0.15, -0.1) is 0 Å². The molecule has 10 heteroatoms. The molecule has 0 saturated heterocycles. The third kappa shape index (κ3) is 85.3. The average molecular weight is 1420 g/mol. The molecule has 0 saturated carbocycles. The minimum Gasteiger partial charge on any atom is -0.462 e. The highest BCUT2D eigenvalue weighted by molar-refractivity contribution is 7.47. The van der Waals surface area contributed by atoms with Crippen LogP contribution in [-0.4, -0.2) is 74.9 Å². The Hall–Kier alpha value is -1.51. The molecule has 0 aromatic heterocycles. The number of nitrogens with zero attached hydrogens (tertiary/aromatic N) is 1. The number of esters is 2. The Morgan fingerprint density at radius 2 is 0.545 bits per heavy atom. The van der Waals surface area contributed by atoms with Crippen LogP contribution in [0.4, 0.5) is 0 Å². The summed E-state index contributed by atoms with van der Waals surface area (Å²) in [6.07, 6.45) is 105. The number of allylic oxidation sites excluding steroid dienone is 4. The van der Waals surface area contributed by atoms with E-state index in [-0.39, 0.29) is 25.6 Å². The van der Waals surface area contributed by atoms with E-state index in [0.717, 1.165) is 44.9 Å². The van der Waals surface area contributed by atoms with Crippen molar-refractivity contribution < 1.29 is 42.1 Å². The summed E-state index contributed by atoms with van der Waals surface area (Å²) in [6.45, 7) is 4.52. The number of phosphoric acid groups is 1. The first-order valence-corrected chi connectivity index (χ1v) is 46.1. The number of hydrogen-bond donors (Lipinski definition) is 1. The van der Waals surface area contributed by atoms with Crippen LogP contribution in [0.1, 0.15) is 483 Å². The van der Waals surface area contributed by atoms with Crippen molar-refractivity contribution in [3.63, 3.8) is 0 Å². The zero-order valence-corrected chi connectivity index (χ0v) is 68.4. The monoisotopic (exact) mass is 1420 g/mol. The maximum absolute atomic E-state index is 12.9. The highest BCUT2D eigenvalue weighted by Gasteiger charge is 2.27. The van der Waals surface area contributed by atoms with E-state index in [1.54, 1.807) is 0 Å². The summed E-state index contributed by atoms with van der Waals surface area (Å²) in [4.78, 5) is 36.0. The molecule has 0 spiro atoms. The average Bonchev–Trinajstić information content (AvgIpc) is 1.06. The van der Waals surface area contributed by atoms with E-state index in [2.05, 4.69) is 38.2 Å². The molecule has 2 atom stereocenters. The lowest BCUT2D eigenvalue weighted by Crippen LogP contribution is -2.37. The van der Waals surface area contributed by atoms with Crippen LogP contribution in [-0.2, 0) is 32.7 Å². The highest BCUT2D eigenvalue weighted by atomic mass is 31.2. The fourth-order valence-corrected chi connectivity index (χ4v) is 14.7. The molecule has 0 rings (SSSR count). The van der Waals surface area contributed by atoms with Crippen LogP contribution in [0.3, 0.4) is 0 Å². The van der Waals surface area contributed by atoms with Gasteiger partial charge in [0, 0.05) is 12.8 Å². The van der Waals surface area contributed by atoms with Crippen molar-refractivity contribution in [2.75, 3.05) is 47.5 Å². The number of quaternary nitrogens is 1. The van der Waals surface area contributed by atoms with Gasteiger partial charge in [-0.3, -0.25) is 18.6 Å². The first-order chi connectivity index (χ1) is 48.5. The molecule has 0 aliphatic heterocycles. The van der Waals surface area contributed by atoms with Crippen LogP contribution in [0.5, 0.6) is 0 Å². The van der Waals surface area contributed by atoms with Gasteiger partial charge in [0.05, 0.1) is 27.7 Å². The van der Waals surface area contributed by atoms with E-state index in [9.17, 15) is 19.0 Å². The Kier molecular flexibility index (Phi) is 79.4. The molecule has 99 heavy (non-hydrogen) atoms. The zero-order valence-electron chi connectivity index (χ0n) is 67.5. The van der Waals surface area contributed by atoms with Crippen LogP contribution >= 0.6 is 7.82 Å². The molecule has 0 heterocycles. The van der Waals surface area contributed by atoms with E-state index >= 15 is 0 Å². The number of carbonyl (C=O) groups is 2. The fourth-order valence-electron chi connectivity index (χ4n) is 13.9. The molecular weight excluding hydrogens is 1240 g/mol. The Balaban J connectivity index is 3.83. The lowest BCUT2D eigenvalue weighted by Gasteiger charge is -2.24. The van der Waals surface area contributed by atoms with Gasteiger partial charge >= 0.3 is 19.8 Å². The number of phosphoric ester groups is 1. The van der Waals surface area contributed by atoms with Crippen molar-refractivity contribution in [2.45, 2.75) is 489 Å².